The van der Waals surface area contributed by atoms with E-state index in [0.717, 1.165) is 16.7 Å². The maximum absolute atomic E-state index is 13.2. The zero-order chi connectivity index (χ0) is 24.1. The Morgan fingerprint density at radius 2 is 1.76 bits per heavy atom. The van der Waals surface area contributed by atoms with Crippen LogP contribution in [0, 0.1) is 19.8 Å². The van der Waals surface area contributed by atoms with Gasteiger partial charge in [0.05, 0.1) is 30.7 Å². The van der Waals surface area contributed by atoms with Gasteiger partial charge in [0.2, 0.25) is 0 Å². The maximum Gasteiger partial charge on any atom is 0.338 e. The van der Waals surface area contributed by atoms with Gasteiger partial charge in [-0.3, -0.25) is 14.6 Å². The van der Waals surface area contributed by atoms with Crippen molar-refractivity contribution in [3.8, 4) is 0 Å². The van der Waals surface area contributed by atoms with Crippen LogP contribution in [0.1, 0.15) is 49.4 Å². The largest absolute Gasteiger partial charge is 0.466 e. The zero-order valence-corrected chi connectivity index (χ0v) is 20.3. The standard InChI is InChI=1S/C25H35N3O5/c1-6-32-23(29)18-10-12-28(13-11-18)15-20-21(24(30)33-7-2)22(26-25(31)27(20)5)19-14-16(3)8-9-17(19)4/h8-9,14,18,22H,6-7,10-13,15H2,1-5H3,(H,26,31)/t22-/m0/s1. The Kier molecular flexibility index (Phi) is 8.13. The summed E-state index contributed by atoms with van der Waals surface area (Å²) in [4.78, 5) is 41.8. The van der Waals surface area contributed by atoms with Crippen molar-refractivity contribution in [2.75, 3.05) is 39.9 Å². The number of esters is 2. The van der Waals surface area contributed by atoms with Crippen LogP contribution in [-0.2, 0) is 19.1 Å². The molecule has 8 heteroatoms. The first-order valence-corrected chi connectivity index (χ1v) is 11.7. The molecule has 0 unspecified atom stereocenters. The second-order valence-electron chi connectivity index (χ2n) is 8.68. The highest BCUT2D eigenvalue weighted by atomic mass is 16.5. The molecule has 0 aliphatic carbocycles. The molecule has 1 aromatic carbocycles. The Morgan fingerprint density at radius 3 is 2.39 bits per heavy atom. The molecule has 2 aliphatic heterocycles. The fourth-order valence-corrected chi connectivity index (χ4v) is 4.50. The normalized spacial score (nSPS) is 20.0. The molecule has 0 radical (unpaired) electrons. The molecule has 180 valence electrons. The van der Waals surface area contributed by atoms with Crippen LogP contribution < -0.4 is 5.32 Å². The number of amides is 2. The van der Waals surface area contributed by atoms with Gasteiger partial charge in [-0.2, -0.15) is 0 Å². The third-order valence-corrected chi connectivity index (χ3v) is 6.40. The molecular weight excluding hydrogens is 422 g/mol. The Labute approximate surface area is 195 Å². The molecule has 1 atom stereocenters. The molecule has 2 aliphatic rings. The van der Waals surface area contributed by atoms with Gasteiger partial charge in [0, 0.05) is 19.3 Å². The van der Waals surface area contributed by atoms with Crippen molar-refractivity contribution < 1.29 is 23.9 Å². The first-order valence-electron chi connectivity index (χ1n) is 11.7. The number of benzene rings is 1. The number of ether oxygens (including phenoxy) is 2. The van der Waals surface area contributed by atoms with Gasteiger partial charge in [0.15, 0.2) is 0 Å². The number of piperidine rings is 1. The van der Waals surface area contributed by atoms with Gasteiger partial charge in [-0.25, -0.2) is 9.59 Å². The fourth-order valence-electron chi connectivity index (χ4n) is 4.50. The maximum atomic E-state index is 13.2. The van der Waals surface area contributed by atoms with Gasteiger partial charge in [0.1, 0.15) is 0 Å². The molecule has 8 nitrogen and oxygen atoms in total. The number of carbonyl (C=O) groups is 3. The molecule has 1 aromatic rings. The predicted octanol–water partition coefficient (Wildman–Crippen LogP) is 3.09. The van der Waals surface area contributed by atoms with Crippen LogP contribution in [0.2, 0.25) is 0 Å². The van der Waals surface area contributed by atoms with Crippen LogP contribution in [0.3, 0.4) is 0 Å². The molecule has 0 bridgehead atoms. The molecule has 3 rings (SSSR count). The number of aryl methyl sites for hydroxylation is 2. The minimum Gasteiger partial charge on any atom is -0.466 e. The van der Waals surface area contributed by atoms with Gasteiger partial charge in [-0.05, 0) is 64.8 Å². The van der Waals surface area contributed by atoms with Gasteiger partial charge < -0.3 is 14.8 Å². The summed E-state index contributed by atoms with van der Waals surface area (Å²) in [6.07, 6.45) is 1.38. The smallest absolute Gasteiger partial charge is 0.338 e. The van der Waals surface area contributed by atoms with Gasteiger partial charge in [-0.1, -0.05) is 23.8 Å². The van der Waals surface area contributed by atoms with E-state index in [1.165, 1.54) is 4.90 Å². The van der Waals surface area contributed by atoms with E-state index in [4.69, 9.17) is 9.47 Å². The summed E-state index contributed by atoms with van der Waals surface area (Å²) >= 11 is 0. The Morgan fingerprint density at radius 1 is 1.09 bits per heavy atom. The summed E-state index contributed by atoms with van der Waals surface area (Å²) in [7, 11) is 1.68. The Balaban J connectivity index is 1.93. The molecule has 0 saturated carbocycles. The average molecular weight is 458 g/mol. The lowest BCUT2D eigenvalue weighted by Gasteiger charge is -2.38. The summed E-state index contributed by atoms with van der Waals surface area (Å²) in [5.74, 6) is -0.672. The first kappa shape index (κ1) is 24.8. The third-order valence-electron chi connectivity index (χ3n) is 6.40. The summed E-state index contributed by atoms with van der Waals surface area (Å²) < 4.78 is 10.6. The molecule has 0 aromatic heterocycles. The van der Waals surface area contributed by atoms with Crippen LogP contribution >= 0.6 is 0 Å². The highest BCUT2D eigenvalue weighted by Crippen LogP contribution is 2.34. The van der Waals surface area contributed by atoms with Crippen LogP contribution in [0.15, 0.2) is 29.5 Å². The van der Waals surface area contributed by atoms with Crippen molar-refractivity contribution in [2.24, 2.45) is 5.92 Å². The highest BCUT2D eigenvalue weighted by Gasteiger charge is 2.38. The minimum absolute atomic E-state index is 0.102. The SMILES string of the molecule is CCOC(=O)C1=C(CN2CCC(C(=O)OCC)CC2)N(C)C(=O)N[C@H]1c1cc(C)ccc1C. The lowest BCUT2D eigenvalue weighted by Crippen LogP contribution is -2.50. The van der Waals surface area contributed by atoms with Gasteiger partial charge in [-0.15, -0.1) is 0 Å². The summed E-state index contributed by atoms with van der Waals surface area (Å²) in [5.41, 5.74) is 4.03. The predicted molar refractivity (Wildman–Crippen MR) is 124 cm³/mol. The highest BCUT2D eigenvalue weighted by molar-refractivity contribution is 5.95. The van der Waals surface area contributed by atoms with E-state index < -0.39 is 12.0 Å². The molecule has 33 heavy (non-hydrogen) atoms. The lowest BCUT2D eigenvalue weighted by molar-refractivity contribution is -0.149. The number of likely N-dealkylation sites (N-methyl/N-ethyl adjacent to an activating group) is 1. The zero-order valence-electron chi connectivity index (χ0n) is 20.3. The number of hydrogen-bond donors (Lipinski definition) is 1. The van der Waals surface area contributed by atoms with E-state index in [1.807, 2.05) is 39.0 Å². The van der Waals surface area contributed by atoms with E-state index in [1.54, 1.807) is 14.0 Å². The summed E-state index contributed by atoms with van der Waals surface area (Å²) in [6, 6.07) is 5.17. The molecule has 1 saturated heterocycles. The number of hydrogen-bond acceptors (Lipinski definition) is 6. The van der Waals surface area contributed by atoms with E-state index in [9.17, 15) is 14.4 Å². The van der Waals surface area contributed by atoms with E-state index in [0.29, 0.717) is 50.4 Å². The minimum atomic E-state index is -0.584. The van der Waals surface area contributed by atoms with Crippen molar-refractivity contribution in [3.63, 3.8) is 0 Å². The van der Waals surface area contributed by atoms with Crippen molar-refractivity contribution in [3.05, 3.63) is 46.2 Å². The van der Waals surface area contributed by atoms with Gasteiger partial charge in [0.25, 0.3) is 0 Å². The first-order chi connectivity index (χ1) is 15.8. The number of nitrogens with zero attached hydrogens (tertiary/aromatic N) is 2. The van der Waals surface area contributed by atoms with Crippen molar-refractivity contribution in [2.45, 2.75) is 46.6 Å². The van der Waals surface area contributed by atoms with Crippen LogP contribution in [0.25, 0.3) is 0 Å². The fraction of sp³-hybridized carbons (Fsp3) is 0.560. The summed E-state index contributed by atoms with van der Waals surface area (Å²) in [6.45, 7) is 9.98. The van der Waals surface area contributed by atoms with Crippen molar-refractivity contribution >= 4 is 18.0 Å². The number of carbonyl (C=O) groups excluding carboxylic acids is 3. The van der Waals surface area contributed by atoms with E-state index in [-0.39, 0.29) is 24.5 Å². The Bertz CT molecular complexity index is 934. The topological polar surface area (TPSA) is 88.2 Å². The number of nitrogens with one attached hydrogen (secondary N) is 1. The monoisotopic (exact) mass is 457 g/mol. The summed E-state index contributed by atoms with van der Waals surface area (Å²) in [5, 5.41) is 2.99. The number of likely N-dealkylation sites (tertiary alicyclic amines) is 1. The van der Waals surface area contributed by atoms with E-state index in [2.05, 4.69) is 10.2 Å². The number of rotatable bonds is 7. The van der Waals surface area contributed by atoms with E-state index >= 15 is 0 Å². The average Bonchev–Trinajstić information content (AvgIpc) is 2.79. The number of urea groups is 1. The van der Waals surface area contributed by atoms with Crippen molar-refractivity contribution in [1.29, 1.82) is 0 Å². The van der Waals surface area contributed by atoms with Crippen LogP contribution in [0.4, 0.5) is 4.79 Å². The molecule has 2 heterocycles. The molecular formula is C25H35N3O5. The van der Waals surface area contributed by atoms with Gasteiger partial charge >= 0.3 is 18.0 Å². The second-order valence-corrected chi connectivity index (χ2v) is 8.68. The van der Waals surface area contributed by atoms with Crippen molar-refractivity contribution in [1.82, 2.24) is 15.1 Å². The second kappa shape index (κ2) is 10.8. The quantitative estimate of drug-likeness (QED) is 0.633. The molecule has 0 spiro atoms. The van der Waals surface area contributed by atoms with Crippen LogP contribution in [0.5, 0.6) is 0 Å². The lowest BCUT2D eigenvalue weighted by atomic mass is 9.90. The third kappa shape index (κ3) is 5.55. The molecule has 1 N–H and O–H groups in total. The molecule has 1 fully saturated rings. The Hall–Kier alpha value is -2.87. The van der Waals surface area contributed by atoms with Crippen LogP contribution in [-0.4, -0.2) is 67.7 Å². The molecule has 2 amide bonds.